The van der Waals surface area contributed by atoms with E-state index >= 15 is 0 Å². The van der Waals surface area contributed by atoms with E-state index in [4.69, 9.17) is 17.0 Å². The van der Waals surface area contributed by atoms with Gasteiger partial charge in [0.15, 0.2) is 5.11 Å². The predicted molar refractivity (Wildman–Crippen MR) is 131 cm³/mol. The summed E-state index contributed by atoms with van der Waals surface area (Å²) in [6.45, 7) is 3.95. The minimum atomic E-state index is -0.439. The minimum absolute atomic E-state index is 0.00381. The van der Waals surface area contributed by atoms with Gasteiger partial charge >= 0.3 is 0 Å². The first kappa shape index (κ1) is 24.5. The van der Waals surface area contributed by atoms with Crippen LogP contribution in [-0.4, -0.2) is 29.9 Å². The van der Waals surface area contributed by atoms with Crippen LogP contribution < -0.4 is 26.2 Å². The molecule has 0 radical (unpaired) electrons. The summed E-state index contributed by atoms with van der Waals surface area (Å²) in [5.41, 5.74) is 8.09. The first-order valence-corrected chi connectivity index (χ1v) is 10.8. The molecule has 0 aliphatic rings. The van der Waals surface area contributed by atoms with Crippen molar-refractivity contribution in [1.82, 2.24) is 16.2 Å². The molecule has 0 unspecified atom stereocenters. The molecule has 2 aromatic rings. The van der Waals surface area contributed by atoms with Gasteiger partial charge in [0.25, 0.3) is 5.91 Å². The molecule has 164 valence electrons. The molecule has 31 heavy (non-hydrogen) atoms. The molecule has 3 amide bonds. The third-order valence-electron chi connectivity index (χ3n) is 4.33. The summed E-state index contributed by atoms with van der Waals surface area (Å²) in [5.74, 6) is -0.485. The molecule has 0 spiro atoms. The zero-order chi connectivity index (χ0) is 23.0. The zero-order valence-corrected chi connectivity index (χ0v) is 20.3. The largest absolute Gasteiger partial charge is 0.496 e. The minimum Gasteiger partial charge on any atom is -0.496 e. The van der Waals surface area contributed by atoms with Gasteiger partial charge in [0, 0.05) is 24.1 Å². The fourth-order valence-corrected chi connectivity index (χ4v) is 3.35. The second-order valence-corrected chi connectivity index (χ2v) is 8.22. The van der Waals surface area contributed by atoms with Crippen LogP contribution in [0.15, 0.2) is 36.4 Å². The van der Waals surface area contributed by atoms with E-state index in [0.29, 0.717) is 17.0 Å². The first-order chi connectivity index (χ1) is 14.7. The fourth-order valence-electron chi connectivity index (χ4n) is 2.47. The Hall–Kier alpha value is -2.73. The summed E-state index contributed by atoms with van der Waals surface area (Å²) < 4.78 is 5.93. The Morgan fingerprint density at radius 2 is 1.68 bits per heavy atom. The highest BCUT2D eigenvalue weighted by Crippen LogP contribution is 2.21. The Morgan fingerprint density at radius 3 is 2.32 bits per heavy atom. The van der Waals surface area contributed by atoms with E-state index in [-0.39, 0.29) is 23.9 Å². The lowest BCUT2D eigenvalue weighted by Crippen LogP contribution is -2.48. The molecule has 0 aromatic heterocycles. The van der Waals surface area contributed by atoms with Crippen LogP contribution in [0.5, 0.6) is 5.75 Å². The fraction of sp³-hybridized carbons (Fsp3) is 0.238. The van der Waals surface area contributed by atoms with Gasteiger partial charge in [-0.05, 0) is 90.1 Å². The Balaban J connectivity index is 1.73. The standard InChI is InChI=1S/C21H23IN4O4S/c1-12-4-6-15(10-13(12)2)23-18(27)8-9-19(28)25-26-21(31)24-20(29)14-5-7-17(30-3)16(22)11-14/h4-7,10-11H,8-9H2,1-3H3,(H,23,27)(H,25,28)(H2,24,26,29,31). The Labute approximate surface area is 199 Å². The molecule has 0 atom stereocenters. The lowest BCUT2D eigenvalue weighted by atomic mass is 10.1. The van der Waals surface area contributed by atoms with Crippen LogP contribution in [0, 0.1) is 17.4 Å². The van der Waals surface area contributed by atoms with E-state index in [1.807, 2.05) is 32.0 Å². The molecular formula is C21H23IN4O4S. The maximum atomic E-state index is 12.2. The summed E-state index contributed by atoms with van der Waals surface area (Å²) in [5, 5.41) is 5.16. The summed E-state index contributed by atoms with van der Waals surface area (Å²) in [7, 11) is 1.55. The normalized spacial score (nSPS) is 10.1. The number of nitrogens with one attached hydrogen (secondary N) is 4. The van der Waals surface area contributed by atoms with Crippen molar-refractivity contribution in [1.29, 1.82) is 0 Å². The molecule has 0 saturated carbocycles. The van der Waals surface area contributed by atoms with Crippen molar-refractivity contribution in [2.24, 2.45) is 0 Å². The number of methoxy groups -OCH3 is 1. The number of thiocarbonyl (C=S) groups is 1. The first-order valence-electron chi connectivity index (χ1n) is 9.30. The van der Waals surface area contributed by atoms with Gasteiger partial charge in [-0.2, -0.15) is 0 Å². The molecule has 4 N–H and O–H groups in total. The monoisotopic (exact) mass is 554 g/mol. The molecule has 0 fully saturated rings. The predicted octanol–water partition coefficient (Wildman–Crippen LogP) is 2.97. The molecule has 0 saturated heterocycles. The number of hydrogen-bond acceptors (Lipinski definition) is 5. The van der Waals surface area contributed by atoms with Gasteiger partial charge in [-0.1, -0.05) is 6.07 Å². The van der Waals surface area contributed by atoms with Crippen molar-refractivity contribution in [3.8, 4) is 5.75 Å². The average molecular weight is 554 g/mol. The van der Waals surface area contributed by atoms with Gasteiger partial charge in [-0.3, -0.25) is 30.6 Å². The molecule has 10 heteroatoms. The van der Waals surface area contributed by atoms with E-state index in [0.717, 1.165) is 14.7 Å². The number of carbonyl (C=O) groups excluding carboxylic acids is 3. The van der Waals surface area contributed by atoms with Crippen molar-refractivity contribution < 1.29 is 19.1 Å². The molecule has 2 aromatic carbocycles. The van der Waals surface area contributed by atoms with Crippen molar-refractivity contribution >= 4 is 63.3 Å². The van der Waals surface area contributed by atoms with Crippen molar-refractivity contribution in [3.05, 3.63) is 56.7 Å². The Morgan fingerprint density at radius 1 is 0.968 bits per heavy atom. The van der Waals surface area contributed by atoms with Crippen LogP contribution in [-0.2, 0) is 9.59 Å². The number of ether oxygens (including phenoxy) is 1. The molecular weight excluding hydrogens is 531 g/mol. The summed E-state index contributed by atoms with van der Waals surface area (Å²) in [6, 6.07) is 10.5. The van der Waals surface area contributed by atoms with Gasteiger partial charge in [0.2, 0.25) is 11.8 Å². The molecule has 0 heterocycles. The van der Waals surface area contributed by atoms with E-state index < -0.39 is 11.8 Å². The summed E-state index contributed by atoms with van der Waals surface area (Å²) >= 11 is 7.07. The second kappa shape index (κ2) is 11.6. The number of halogens is 1. The topological polar surface area (TPSA) is 109 Å². The van der Waals surface area contributed by atoms with Gasteiger partial charge in [0.1, 0.15) is 5.75 Å². The van der Waals surface area contributed by atoms with Crippen LogP contribution in [0.25, 0.3) is 0 Å². The van der Waals surface area contributed by atoms with Gasteiger partial charge < -0.3 is 10.1 Å². The summed E-state index contributed by atoms with van der Waals surface area (Å²) in [6.07, 6.45) is -0.0409. The third-order valence-corrected chi connectivity index (χ3v) is 5.37. The lowest BCUT2D eigenvalue weighted by Gasteiger charge is -2.12. The van der Waals surface area contributed by atoms with Crippen LogP contribution in [0.2, 0.25) is 0 Å². The molecule has 0 bridgehead atoms. The molecule has 8 nitrogen and oxygen atoms in total. The Bertz CT molecular complexity index is 1010. The third kappa shape index (κ3) is 7.79. The van der Waals surface area contributed by atoms with Crippen LogP contribution in [0.3, 0.4) is 0 Å². The van der Waals surface area contributed by atoms with E-state index in [1.165, 1.54) is 0 Å². The zero-order valence-electron chi connectivity index (χ0n) is 17.3. The number of carbonyl (C=O) groups is 3. The van der Waals surface area contributed by atoms with Crippen molar-refractivity contribution in [2.75, 3.05) is 12.4 Å². The van der Waals surface area contributed by atoms with Crippen molar-refractivity contribution in [2.45, 2.75) is 26.7 Å². The molecule has 0 aliphatic heterocycles. The maximum absolute atomic E-state index is 12.2. The van der Waals surface area contributed by atoms with Gasteiger partial charge in [-0.15, -0.1) is 0 Å². The Kier molecular flexibility index (Phi) is 9.19. The number of amides is 3. The smallest absolute Gasteiger partial charge is 0.257 e. The maximum Gasteiger partial charge on any atom is 0.257 e. The number of hydrogen-bond donors (Lipinski definition) is 4. The lowest BCUT2D eigenvalue weighted by molar-refractivity contribution is -0.124. The number of rotatable bonds is 6. The SMILES string of the molecule is COc1ccc(C(=O)NC(=S)NNC(=O)CCC(=O)Nc2ccc(C)c(C)c2)cc1I. The number of hydrazine groups is 1. The molecule has 2 rings (SSSR count). The summed E-state index contributed by atoms with van der Waals surface area (Å²) in [4.78, 5) is 36.2. The van der Waals surface area contributed by atoms with E-state index in [9.17, 15) is 14.4 Å². The molecule has 0 aliphatic carbocycles. The highest BCUT2D eigenvalue weighted by Gasteiger charge is 2.12. The van der Waals surface area contributed by atoms with Gasteiger partial charge in [0.05, 0.1) is 10.7 Å². The number of benzene rings is 2. The van der Waals surface area contributed by atoms with Crippen molar-refractivity contribution in [3.63, 3.8) is 0 Å². The van der Waals surface area contributed by atoms with Crippen LogP contribution in [0.1, 0.15) is 34.3 Å². The second-order valence-electron chi connectivity index (χ2n) is 6.65. The van der Waals surface area contributed by atoms with E-state index in [1.54, 1.807) is 25.3 Å². The highest BCUT2D eigenvalue weighted by molar-refractivity contribution is 14.1. The van der Waals surface area contributed by atoms with E-state index in [2.05, 4.69) is 44.1 Å². The average Bonchev–Trinajstić information content (AvgIpc) is 2.73. The van der Waals surface area contributed by atoms with Gasteiger partial charge in [-0.25, -0.2) is 0 Å². The van der Waals surface area contributed by atoms with Crippen LogP contribution >= 0.6 is 34.8 Å². The van der Waals surface area contributed by atoms with Crippen LogP contribution in [0.4, 0.5) is 5.69 Å². The number of anilines is 1. The highest BCUT2D eigenvalue weighted by atomic mass is 127. The quantitative estimate of drug-likeness (QED) is 0.249. The number of aryl methyl sites for hydroxylation is 2.